The van der Waals surface area contributed by atoms with Crippen molar-refractivity contribution in [1.82, 2.24) is 38.6 Å². The Morgan fingerprint density at radius 3 is 0.964 bits per heavy atom. The minimum atomic E-state index is -0.0571. The van der Waals surface area contributed by atoms with Gasteiger partial charge in [0.15, 0.2) is 11.4 Å². The van der Waals surface area contributed by atoms with E-state index >= 15 is 0 Å². The van der Waals surface area contributed by atoms with Gasteiger partial charge in [-0.1, -0.05) is 343 Å². The van der Waals surface area contributed by atoms with Crippen LogP contribution in [0.2, 0.25) is 0 Å². The van der Waals surface area contributed by atoms with E-state index in [0.717, 1.165) is 115 Å². The lowest BCUT2D eigenvalue weighted by Crippen LogP contribution is -2.14. The zero-order chi connectivity index (χ0) is 93.0. The summed E-state index contributed by atoms with van der Waals surface area (Å²) in [5.41, 5.74) is 32.4. The molecule has 11 heteroatoms. The number of benzene rings is 20. The highest BCUT2D eigenvalue weighted by atomic mass is 15.2. The van der Waals surface area contributed by atoms with Gasteiger partial charge in [-0.15, -0.1) is 0 Å². The van der Waals surface area contributed by atoms with Crippen molar-refractivity contribution >= 4 is 141 Å². The second-order valence-corrected chi connectivity index (χ2v) is 37.4. The molecule has 648 valence electrons. The molecule has 0 fully saturated rings. The minimum Gasteiger partial charge on any atom is -0.294 e. The molecule has 0 spiro atoms. The lowest BCUT2D eigenvalue weighted by Gasteiger charge is -2.22. The Labute approximate surface area is 800 Å². The first-order valence-electron chi connectivity index (χ1n) is 47.0. The molecule has 139 heavy (non-hydrogen) atoms. The van der Waals surface area contributed by atoms with Gasteiger partial charge in [0.25, 0.3) is 0 Å². The van der Waals surface area contributed by atoms with Crippen LogP contribution in [0.1, 0.15) is 66.9 Å². The van der Waals surface area contributed by atoms with Gasteiger partial charge in [-0.25, -0.2) is 24.9 Å². The monoisotopic (exact) mass is 1770 g/mol. The van der Waals surface area contributed by atoms with Gasteiger partial charge in [0.1, 0.15) is 18.0 Å². The SMILES string of the molecule is CC1(C)c2ccccc2-c2ccc(-c3ccc(-c4ccc5c(c4)c4c6ccccc6ccc4n5-c4nc(C#N)c5ccccc5n4)cc3)cc21.CC1(C)c2ccccc2-c2ccc(-c3ccc4c(c3)c3c5ccccc5ccc3n4-c3cc(C#N)c4ccccc4n3)cc21.N#Cc1nc(-n2c3ccc(-c4ccc(-c5cccc6ccccc56)cc4)cc3c3c4ccccc4ccc32)nc2ccccc12. The van der Waals surface area contributed by atoms with Crippen LogP contribution in [0.5, 0.6) is 0 Å². The van der Waals surface area contributed by atoms with Gasteiger partial charge in [-0.3, -0.25) is 13.7 Å². The Balaban J connectivity index is 0.000000108. The summed E-state index contributed by atoms with van der Waals surface area (Å²) in [7, 11) is 0. The van der Waals surface area contributed by atoms with E-state index in [1.165, 1.54) is 132 Å². The third kappa shape index (κ3) is 13.0. The first kappa shape index (κ1) is 81.2. The van der Waals surface area contributed by atoms with E-state index in [2.05, 4.69) is 399 Å². The summed E-state index contributed by atoms with van der Waals surface area (Å²) >= 11 is 0. The highest BCUT2D eigenvalue weighted by Gasteiger charge is 2.37. The average Bonchev–Trinajstić information content (AvgIpc) is 1.57. The van der Waals surface area contributed by atoms with Crippen molar-refractivity contribution < 1.29 is 0 Å². The summed E-state index contributed by atoms with van der Waals surface area (Å²) in [6.07, 6.45) is 0. The smallest absolute Gasteiger partial charge is 0.236 e. The summed E-state index contributed by atoms with van der Waals surface area (Å²) in [4.78, 5) is 24.6. The molecule has 0 saturated heterocycles. The van der Waals surface area contributed by atoms with Crippen molar-refractivity contribution in [2.75, 3.05) is 0 Å². The molecule has 0 saturated carbocycles. The van der Waals surface area contributed by atoms with Crippen LogP contribution >= 0.6 is 0 Å². The van der Waals surface area contributed by atoms with Crippen LogP contribution in [0.25, 0.3) is 237 Å². The van der Waals surface area contributed by atoms with Crippen molar-refractivity contribution in [1.29, 1.82) is 15.8 Å². The second-order valence-electron chi connectivity index (χ2n) is 37.4. The zero-order valence-electron chi connectivity index (χ0n) is 76.3. The van der Waals surface area contributed by atoms with Crippen molar-refractivity contribution in [3.63, 3.8) is 0 Å². The molecule has 0 N–H and O–H groups in total. The molecule has 11 nitrogen and oxygen atoms in total. The van der Waals surface area contributed by atoms with E-state index in [-0.39, 0.29) is 10.8 Å². The van der Waals surface area contributed by atoms with E-state index in [0.29, 0.717) is 28.8 Å². The van der Waals surface area contributed by atoms with Crippen LogP contribution in [0.15, 0.2) is 419 Å². The van der Waals surface area contributed by atoms with Crippen LogP contribution in [-0.4, -0.2) is 38.6 Å². The fraction of sp³-hybridized carbons (Fsp3) is 0.0469. The number of fused-ring (bicyclic) bond motifs is 25. The number of hydrogen-bond acceptors (Lipinski definition) is 8. The van der Waals surface area contributed by atoms with Gasteiger partial charge < -0.3 is 0 Å². The predicted octanol–water partition coefficient (Wildman–Crippen LogP) is 32.0. The second kappa shape index (κ2) is 31.8. The summed E-state index contributed by atoms with van der Waals surface area (Å²) < 4.78 is 6.42. The fourth-order valence-electron chi connectivity index (χ4n) is 22.4. The molecule has 6 heterocycles. The van der Waals surface area contributed by atoms with Crippen LogP contribution < -0.4 is 0 Å². The normalized spacial score (nSPS) is 12.7. The first-order chi connectivity index (χ1) is 68.3. The van der Waals surface area contributed by atoms with Gasteiger partial charge in [-0.05, 0) is 246 Å². The lowest BCUT2D eigenvalue weighted by atomic mass is 9.81. The van der Waals surface area contributed by atoms with Gasteiger partial charge in [0.2, 0.25) is 11.9 Å². The maximum atomic E-state index is 10.1. The maximum absolute atomic E-state index is 10.1. The average molecular weight is 1770 g/mol. The lowest BCUT2D eigenvalue weighted by molar-refractivity contribution is 0.660. The molecule has 0 atom stereocenters. The Kier molecular flexibility index (Phi) is 18.6. The topological polar surface area (TPSA) is 151 Å². The van der Waals surface area contributed by atoms with Crippen LogP contribution in [0.4, 0.5) is 0 Å². The molecule has 0 radical (unpaired) electrons. The number of nitrogens with zero attached hydrogens (tertiary/aromatic N) is 11. The number of pyridine rings is 1. The summed E-state index contributed by atoms with van der Waals surface area (Å²) in [5, 5.41) is 48.9. The van der Waals surface area contributed by atoms with Crippen molar-refractivity contribution in [3.05, 3.63) is 458 Å². The molecule has 28 rings (SSSR count). The Morgan fingerprint density at radius 2 is 0.518 bits per heavy atom. The Bertz CT molecular complexity index is 9890. The predicted molar refractivity (Wildman–Crippen MR) is 570 cm³/mol. The molecule has 26 aromatic rings. The van der Waals surface area contributed by atoms with Gasteiger partial charge >= 0.3 is 0 Å². The van der Waals surface area contributed by atoms with Crippen LogP contribution in [-0.2, 0) is 10.8 Å². The van der Waals surface area contributed by atoms with Gasteiger partial charge in [0, 0.05) is 59.3 Å². The molecule has 20 aromatic carbocycles. The van der Waals surface area contributed by atoms with Crippen LogP contribution in [0.3, 0.4) is 0 Å². The minimum absolute atomic E-state index is 0.0330. The van der Waals surface area contributed by atoms with E-state index < -0.39 is 0 Å². The molecule has 0 amide bonds. The maximum Gasteiger partial charge on any atom is 0.236 e. The number of aromatic nitrogens is 8. The zero-order valence-corrected chi connectivity index (χ0v) is 76.3. The van der Waals surface area contributed by atoms with Gasteiger partial charge in [0.05, 0.1) is 61.3 Å². The number of para-hydroxylation sites is 3. The third-order valence-corrected chi connectivity index (χ3v) is 29.2. The molecular formula is C128H81N11. The standard InChI is InChI=1S/C46H30N4.C41H24N4.C41H27N3/c1-46(2)38-13-7-5-11-34(38)35-22-19-32(26-39(35)46)29-17-15-28(16-18-29)31-21-23-42-37(25-31)44-33-10-4-3-9-30(33)20-24-43(44)50(42)45-48-40-14-8-6-12-36(40)41(27-47)49-45;42-25-37-34-13-5-6-15-36(34)43-41(44-37)45-38-22-21-30(24-35(38)40-33-12-4-2-9-28(33)20-23-39(40)45)26-16-18-29(19-17-26)32-14-7-10-27-8-1-3-11-31(27)32;1-41(2)34-13-7-5-12-31(34)32-18-15-27(22-35(32)41)26-17-19-37-33(21-26)40-30-11-4-3-9-25(30)16-20-38(40)44(37)39-23-28(24-42)29-10-6-8-14-36(29)43-39/h3-26H,1-2H3;1-24H;3-23H,1-2H3. The number of nitriles is 3. The number of hydrogen-bond donors (Lipinski definition) is 0. The molecule has 6 aromatic heterocycles. The Morgan fingerprint density at radius 1 is 0.209 bits per heavy atom. The fourth-order valence-corrected chi connectivity index (χ4v) is 22.4. The molecule has 0 bridgehead atoms. The molecule has 2 aliphatic rings. The van der Waals surface area contributed by atoms with E-state index in [9.17, 15) is 15.8 Å². The molecular weight excluding hydrogens is 1690 g/mol. The van der Waals surface area contributed by atoms with Crippen molar-refractivity contribution in [2.45, 2.75) is 38.5 Å². The summed E-state index contributed by atoms with van der Waals surface area (Å²) in [6.45, 7) is 9.32. The first-order valence-corrected chi connectivity index (χ1v) is 47.0. The van der Waals surface area contributed by atoms with Crippen molar-refractivity contribution in [2.24, 2.45) is 0 Å². The summed E-state index contributed by atoms with van der Waals surface area (Å²) in [5.74, 6) is 1.74. The number of rotatable bonds is 8. The highest BCUT2D eigenvalue weighted by Crippen LogP contribution is 2.53. The third-order valence-electron chi connectivity index (χ3n) is 29.2. The largest absolute Gasteiger partial charge is 0.294 e. The van der Waals surface area contributed by atoms with Crippen LogP contribution in [0, 0.1) is 34.0 Å². The molecule has 0 unspecified atom stereocenters. The molecule has 0 aliphatic heterocycles. The molecule has 2 aliphatic carbocycles. The van der Waals surface area contributed by atoms with Crippen molar-refractivity contribution in [3.8, 4) is 114 Å². The van der Waals surface area contributed by atoms with E-state index in [1.54, 1.807) is 0 Å². The Hall–Kier alpha value is -18.6. The van der Waals surface area contributed by atoms with E-state index in [1.807, 2.05) is 78.9 Å². The highest BCUT2D eigenvalue weighted by molar-refractivity contribution is 6.25. The summed E-state index contributed by atoms with van der Waals surface area (Å²) in [6, 6.07) is 155. The quantitative estimate of drug-likeness (QED) is 0.146. The van der Waals surface area contributed by atoms with Gasteiger partial charge in [-0.2, -0.15) is 15.8 Å². The van der Waals surface area contributed by atoms with E-state index in [4.69, 9.17) is 24.9 Å².